The molecule has 5 heteroatoms. The fraction of sp³-hybridized carbons (Fsp3) is 0.714. The second kappa shape index (κ2) is 11.3. The van der Waals surface area contributed by atoms with Crippen molar-refractivity contribution in [1.29, 1.82) is 0 Å². The predicted molar refractivity (Wildman–Crippen MR) is 112 cm³/mol. The van der Waals surface area contributed by atoms with Gasteiger partial charge in [0.05, 0.1) is 6.61 Å². The Labute approximate surface area is 161 Å². The molecule has 1 rings (SSSR count). The van der Waals surface area contributed by atoms with Crippen molar-refractivity contribution in [2.75, 3.05) is 6.61 Å². The number of hydrogen-bond donors (Lipinski definition) is 0. The number of aryl methyl sites for hydroxylation is 1. The minimum atomic E-state index is -0.861. The maximum atomic E-state index is 13.8. The Morgan fingerprint density at radius 1 is 0.846 bits per heavy atom. The molecule has 0 unspecified atom stereocenters. The molecule has 0 aliphatic rings. The van der Waals surface area contributed by atoms with Crippen LogP contribution in [0.25, 0.3) is 0 Å². The standard InChI is InChI=1S/C21H38FN2OP/c1-16(2)23(17(3)4)26(24(18(5)6)19(7)8)25-15-11-13-20-12-9-10-14-21(20)22/h9-10,12,14,16-19H,11,13,15H2,1-8H3. The van der Waals surface area contributed by atoms with E-state index >= 15 is 0 Å². The third kappa shape index (κ3) is 6.88. The van der Waals surface area contributed by atoms with Gasteiger partial charge >= 0.3 is 0 Å². The highest BCUT2D eigenvalue weighted by Crippen LogP contribution is 2.50. The van der Waals surface area contributed by atoms with Gasteiger partial charge in [0.1, 0.15) is 5.82 Å². The molecule has 0 radical (unpaired) electrons. The van der Waals surface area contributed by atoms with Gasteiger partial charge in [-0.3, -0.25) is 0 Å². The van der Waals surface area contributed by atoms with Crippen LogP contribution in [0.3, 0.4) is 0 Å². The highest BCUT2D eigenvalue weighted by molar-refractivity contribution is 7.47. The number of hydrogen-bond acceptors (Lipinski definition) is 3. The first-order chi connectivity index (χ1) is 12.2. The summed E-state index contributed by atoms with van der Waals surface area (Å²) in [6.45, 7) is 18.5. The summed E-state index contributed by atoms with van der Waals surface area (Å²) in [5, 5.41) is 0. The van der Waals surface area contributed by atoms with Crippen LogP contribution in [0.1, 0.15) is 67.4 Å². The summed E-state index contributed by atoms with van der Waals surface area (Å²) in [5.74, 6) is -0.119. The van der Waals surface area contributed by atoms with Gasteiger partial charge in [-0.1, -0.05) is 18.2 Å². The smallest absolute Gasteiger partial charge is 0.188 e. The summed E-state index contributed by atoms with van der Waals surface area (Å²) >= 11 is 0. The Morgan fingerprint density at radius 2 is 1.31 bits per heavy atom. The van der Waals surface area contributed by atoms with Gasteiger partial charge in [-0.25, -0.2) is 13.7 Å². The second-order valence-corrected chi connectivity index (χ2v) is 9.60. The Bertz CT molecular complexity index is 486. The Kier molecular flexibility index (Phi) is 10.2. The van der Waals surface area contributed by atoms with E-state index in [9.17, 15) is 4.39 Å². The topological polar surface area (TPSA) is 15.7 Å². The molecule has 3 nitrogen and oxygen atoms in total. The normalized spacial score (nSPS) is 12.8. The van der Waals surface area contributed by atoms with Crippen LogP contribution in [-0.2, 0) is 10.9 Å². The predicted octanol–water partition coefficient (Wildman–Crippen LogP) is 6.24. The van der Waals surface area contributed by atoms with Gasteiger partial charge in [-0.2, -0.15) is 0 Å². The SMILES string of the molecule is CC(C)N(C(C)C)P(OCCCc1ccccc1F)N(C(C)C)C(C)C. The van der Waals surface area contributed by atoms with Crippen molar-refractivity contribution in [3.63, 3.8) is 0 Å². The lowest BCUT2D eigenvalue weighted by Gasteiger charge is -2.45. The minimum absolute atomic E-state index is 0.119. The fourth-order valence-electron chi connectivity index (χ4n) is 3.35. The second-order valence-electron chi connectivity index (χ2n) is 7.92. The first-order valence-corrected chi connectivity index (χ1v) is 11.1. The molecule has 0 aliphatic carbocycles. The van der Waals surface area contributed by atoms with Crippen LogP contribution in [0.15, 0.2) is 24.3 Å². The van der Waals surface area contributed by atoms with Crippen molar-refractivity contribution in [3.05, 3.63) is 35.6 Å². The lowest BCUT2D eigenvalue weighted by molar-refractivity contribution is 0.185. The maximum absolute atomic E-state index is 13.8. The highest BCUT2D eigenvalue weighted by Gasteiger charge is 2.34. The lowest BCUT2D eigenvalue weighted by Crippen LogP contribution is -2.43. The van der Waals surface area contributed by atoms with Gasteiger partial charge in [0.15, 0.2) is 8.45 Å². The molecule has 0 saturated carbocycles. The average Bonchev–Trinajstić information content (AvgIpc) is 2.51. The fourth-order valence-corrected chi connectivity index (χ4v) is 5.72. The third-order valence-corrected chi connectivity index (χ3v) is 7.32. The molecule has 1 aromatic rings. The first-order valence-electron chi connectivity index (χ1n) is 9.89. The van der Waals surface area contributed by atoms with Crippen LogP contribution >= 0.6 is 8.45 Å². The zero-order valence-corrected chi connectivity index (χ0v) is 18.8. The zero-order chi connectivity index (χ0) is 19.9. The summed E-state index contributed by atoms with van der Waals surface area (Å²) in [5.41, 5.74) is 0.773. The summed E-state index contributed by atoms with van der Waals surface area (Å²) in [7, 11) is -0.861. The summed E-state index contributed by atoms with van der Waals surface area (Å²) in [4.78, 5) is 0. The third-order valence-electron chi connectivity index (χ3n) is 4.27. The van der Waals surface area contributed by atoms with Crippen LogP contribution in [0, 0.1) is 5.82 Å². The molecule has 0 N–H and O–H groups in total. The Hall–Kier alpha value is -0.540. The first kappa shape index (κ1) is 23.5. The minimum Gasteiger partial charge on any atom is -0.331 e. The Balaban J connectivity index is 2.83. The van der Waals surface area contributed by atoms with Crippen molar-refractivity contribution in [2.24, 2.45) is 0 Å². The molecule has 0 saturated heterocycles. The van der Waals surface area contributed by atoms with E-state index in [0.717, 1.165) is 12.0 Å². The molecule has 1 aromatic carbocycles. The van der Waals surface area contributed by atoms with Gasteiger partial charge in [-0.15, -0.1) is 0 Å². The van der Waals surface area contributed by atoms with Gasteiger partial charge in [0.2, 0.25) is 0 Å². The van der Waals surface area contributed by atoms with Gasteiger partial charge in [0, 0.05) is 24.2 Å². The van der Waals surface area contributed by atoms with Gasteiger partial charge < -0.3 is 4.52 Å². The van der Waals surface area contributed by atoms with Crippen molar-refractivity contribution in [2.45, 2.75) is 92.4 Å². The van der Waals surface area contributed by atoms with Crippen LogP contribution in [0.5, 0.6) is 0 Å². The summed E-state index contributed by atoms with van der Waals surface area (Å²) in [6.07, 6.45) is 1.54. The lowest BCUT2D eigenvalue weighted by atomic mass is 10.1. The van der Waals surface area contributed by atoms with E-state index in [1.807, 2.05) is 12.1 Å². The molecule has 0 aromatic heterocycles. The maximum Gasteiger partial charge on any atom is 0.188 e. The zero-order valence-electron chi connectivity index (χ0n) is 17.9. The molecule has 0 spiro atoms. The van der Waals surface area contributed by atoms with E-state index in [2.05, 4.69) is 64.7 Å². The number of rotatable bonds is 11. The molecule has 0 heterocycles. The molecular weight excluding hydrogens is 346 g/mol. The molecule has 150 valence electrons. The average molecular weight is 385 g/mol. The van der Waals surface area contributed by atoms with E-state index in [0.29, 0.717) is 37.2 Å². The van der Waals surface area contributed by atoms with Gasteiger partial charge in [-0.05, 0) is 79.9 Å². The molecule has 0 fully saturated rings. The Morgan fingerprint density at radius 3 is 1.73 bits per heavy atom. The van der Waals surface area contributed by atoms with Gasteiger partial charge in [0.25, 0.3) is 0 Å². The molecule has 0 bridgehead atoms. The van der Waals surface area contributed by atoms with Crippen molar-refractivity contribution < 1.29 is 8.91 Å². The highest BCUT2D eigenvalue weighted by atomic mass is 31.2. The number of nitrogens with zero attached hydrogens (tertiary/aromatic N) is 2. The summed E-state index contributed by atoms with van der Waals surface area (Å²) in [6, 6.07) is 8.66. The molecule has 0 aliphatic heterocycles. The molecule has 0 atom stereocenters. The van der Waals surface area contributed by atoms with Crippen LogP contribution in [0.2, 0.25) is 0 Å². The van der Waals surface area contributed by atoms with Crippen molar-refractivity contribution >= 4 is 8.45 Å². The summed E-state index contributed by atoms with van der Waals surface area (Å²) < 4.78 is 25.2. The van der Waals surface area contributed by atoms with Crippen LogP contribution in [0.4, 0.5) is 4.39 Å². The van der Waals surface area contributed by atoms with Crippen LogP contribution in [-0.4, -0.2) is 40.1 Å². The van der Waals surface area contributed by atoms with E-state index < -0.39 is 8.45 Å². The quantitative estimate of drug-likeness (QED) is 0.332. The molecule has 26 heavy (non-hydrogen) atoms. The number of benzene rings is 1. The monoisotopic (exact) mass is 384 g/mol. The van der Waals surface area contributed by atoms with Crippen LogP contribution < -0.4 is 0 Å². The van der Waals surface area contributed by atoms with E-state index in [-0.39, 0.29) is 5.82 Å². The van der Waals surface area contributed by atoms with Crippen molar-refractivity contribution in [1.82, 2.24) is 9.34 Å². The van der Waals surface area contributed by atoms with E-state index in [1.54, 1.807) is 6.07 Å². The molecule has 0 amide bonds. The molecular formula is C21H38FN2OP. The van der Waals surface area contributed by atoms with E-state index in [4.69, 9.17) is 4.52 Å². The number of halogens is 1. The van der Waals surface area contributed by atoms with E-state index in [1.165, 1.54) is 6.07 Å². The largest absolute Gasteiger partial charge is 0.331 e. The van der Waals surface area contributed by atoms with Crippen molar-refractivity contribution in [3.8, 4) is 0 Å².